The predicted octanol–water partition coefficient (Wildman–Crippen LogP) is 6.01. The van der Waals surface area contributed by atoms with E-state index in [1.54, 1.807) is 18.2 Å². The molecule has 0 unspecified atom stereocenters. The first kappa shape index (κ1) is 22.1. The van der Waals surface area contributed by atoms with Crippen molar-refractivity contribution in [3.8, 4) is 5.75 Å². The van der Waals surface area contributed by atoms with Crippen molar-refractivity contribution >= 4 is 39.9 Å². The maximum absolute atomic E-state index is 6.30. The summed E-state index contributed by atoms with van der Waals surface area (Å²) in [6.07, 6.45) is 0. The molecule has 0 atom stereocenters. The summed E-state index contributed by atoms with van der Waals surface area (Å²) >= 11 is 12.3. The lowest BCUT2D eigenvalue weighted by Crippen LogP contribution is -2.47. The molecule has 0 radical (unpaired) electrons. The number of benzene rings is 3. The minimum Gasteiger partial charge on any atom is -0.484 e. The van der Waals surface area contributed by atoms with Gasteiger partial charge in [0.25, 0.3) is 0 Å². The van der Waals surface area contributed by atoms with Crippen LogP contribution in [0.1, 0.15) is 11.4 Å². The summed E-state index contributed by atoms with van der Waals surface area (Å²) in [4.78, 5) is 9.80. The van der Waals surface area contributed by atoms with Crippen molar-refractivity contribution in [3.05, 3.63) is 88.2 Å². The first-order valence-corrected chi connectivity index (χ1v) is 11.9. The first-order chi connectivity index (χ1) is 16.1. The van der Waals surface area contributed by atoms with Crippen LogP contribution < -0.4 is 9.64 Å². The van der Waals surface area contributed by atoms with E-state index in [1.807, 2.05) is 12.1 Å². The zero-order valence-corrected chi connectivity index (χ0v) is 20.1. The number of para-hydroxylation sites is 3. The largest absolute Gasteiger partial charge is 0.484 e. The molecule has 0 saturated carbocycles. The number of nitrogens with zero attached hydrogens (tertiary/aromatic N) is 4. The van der Waals surface area contributed by atoms with Crippen LogP contribution in [0.4, 0.5) is 5.69 Å². The molecule has 0 N–H and O–H groups in total. The summed E-state index contributed by atoms with van der Waals surface area (Å²) in [6.45, 7) is 7.27. The van der Waals surface area contributed by atoms with Crippen LogP contribution in [0.25, 0.3) is 11.0 Å². The molecule has 1 aromatic heterocycles. The van der Waals surface area contributed by atoms with Crippen LogP contribution in [0.3, 0.4) is 0 Å². The number of rotatable bonds is 6. The number of aromatic nitrogens is 2. The molecule has 5 rings (SSSR count). The van der Waals surface area contributed by atoms with Crippen LogP contribution in [0, 0.1) is 6.92 Å². The highest BCUT2D eigenvalue weighted by Gasteiger charge is 2.21. The van der Waals surface area contributed by atoms with Crippen molar-refractivity contribution < 1.29 is 4.74 Å². The fourth-order valence-corrected chi connectivity index (χ4v) is 4.84. The first-order valence-electron chi connectivity index (χ1n) is 11.1. The molecule has 170 valence electrons. The summed E-state index contributed by atoms with van der Waals surface area (Å²) < 4.78 is 8.28. The Kier molecular flexibility index (Phi) is 6.45. The summed E-state index contributed by atoms with van der Waals surface area (Å²) in [6, 6.07) is 22.1. The number of aryl methyl sites for hydroxylation is 1. The number of hydrogen-bond donors (Lipinski definition) is 0. The molecule has 7 heteroatoms. The fraction of sp³-hybridized carbons (Fsp3) is 0.269. The van der Waals surface area contributed by atoms with E-state index in [1.165, 1.54) is 11.3 Å². The molecule has 0 spiro atoms. The molecule has 0 bridgehead atoms. The zero-order chi connectivity index (χ0) is 22.8. The van der Waals surface area contributed by atoms with Gasteiger partial charge in [-0.25, -0.2) is 4.98 Å². The molecule has 4 aromatic rings. The fourth-order valence-electron chi connectivity index (χ4n) is 4.38. The third-order valence-electron chi connectivity index (χ3n) is 6.15. The Labute approximate surface area is 204 Å². The number of anilines is 1. The van der Waals surface area contributed by atoms with E-state index in [0.717, 1.165) is 49.7 Å². The summed E-state index contributed by atoms with van der Waals surface area (Å²) in [5.41, 5.74) is 4.74. The summed E-state index contributed by atoms with van der Waals surface area (Å²) in [5.74, 6) is 1.48. The average Bonchev–Trinajstić information content (AvgIpc) is 3.17. The number of fused-ring (bicyclic) bond motifs is 1. The van der Waals surface area contributed by atoms with Gasteiger partial charge in [0.1, 0.15) is 18.2 Å². The lowest BCUT2D eigenvalue weighted by molar-refractivity contribution is 0.198. The van der Waals surface area contributed by atoms with Crippen molar-refractivity contribution in [1.29, 1.82) is 0 Å². The molecule has 33 heavy (non-hydrogen) atoms. The number of hydrogen-bond acceptors (Lipinski definition) is 4. The maximum atomic E-state index is 6.30. The van der Waals surface area contributed by atoms with E-state index < -0.39 is 0 Å². The summed E-state index contributed by atoms with van der Waals surface area (Å²) in [7, 11) is 0. The van der Waals surface area contributed by atoms with Gasteiger partial charge in [-0.05, 0) is 48.9 Å². The highest BCUT2D eigenvalue weighted by molar-refractivity contribution is 6.35. The van der Waals surface area contributed by atoms with E-state index in [9.17, 15) is 0 Å². The summed E-state index contributed by atoms with van der Waals surface area (Å²) in [5, 5.41) is 1.09. The van der Waals surface area contributed by atoms with Gasteiger partial charge >= 0.3 is 0 Å². The van der Waals surface area contributed by atoms with Crippen molar-refractivity contribution in [2.75, 3.05) is 31.1 Å². The highest BCUT2D eigenvalue weighted by Crippen LogP contribution is 2.29. The Morgan fingerprint density at radius 1 is 0.909 bits per heavy atom. The van der Waals surface area contributed by atoms with Crippen molar-refractivity contribution in [3.63, 3.8) is 0 Å². The quantitative estimate of drug-likeness (QED) is 0.338. The smallest absolute Gasteiger partial charge is 0.149 e. The molecule has 1 aliphatic rings. The molecule has 0 amide bonds. The number of imidazole rings is 1. The molecule has 5 nitrogen and oxygen atoms in total. The van der Waals surface area contributed by atoms with Crippen LogP contribution in [-0.2, 0) is 13.3 Å². The van der Waals surface area contributed by atoms with Gasteiger partial charge in [0, 0.05) is 36.9 Å². The molecular formula is C26H26Cl2N4O. The van der Waals surface area contributed by atoms with Gasteiger partial charge in [0.15, 0.2) is 0 Å². The Balaban J connectivity index is 1.32. The minimum atomic E-state index is 0.333. The second-order valence-electron chi connectivity index (χ2n) is 8.34. The maximum Gasteiger partial charge on any atom is 0.149 e. The number of halogens is 2. The Morgan fingerprint density at radius 3 is 2.45 bits per heavy atom. The second-order valence-corrected chi connectivity index (χ2v) is 9.18. The normalized spacial score (nSPS) is 14.7. The second kappa shape index (κ2) is 9.64. The molecule has 1 saturated heterocycles. The van der Waals surface area contributed by atoms with Crippen LogP contribution in [0.5, 0.6) is 5.75 Å². The Bertz CT molecular complexity index is 1260. The van der Waals surface area contributed by atoms with Gasteiger partial charge in [-0.1, -0.05) is 53.5 Å². The number of ether oxygens (including phenoxy) is 1. The topological polar surface area (TPSA) is 33.5 Å². The Morgan fingerprint density at radius 2 is 1.67 bits per heavy atom. The average molecular weight is 481 g/mol. The minimum absolute atomic E-state index is 0.333. The molecule has 1 fully saturated rings. The van der Waals surface area contributed by atoms with Crippen LogP contribution in [0.15, 0.2) is 66.7 Å². The standard InChI is InChI=1S/C26H26Cl2N4O/c1-19-6-2-4-8-23(19)31-14-12-30(13-15-31)18-32-24-9-5-3-7-22(24)29-26(32)17-33-25-11-10-20(27)16-21(25)28/h2-11,16H,12-15,17-18H2,1H3. The predicted molar refractivity (Wildman–Crippen MR) is 135 cm³/mol. The van der Waals surface area contributed by atoms with E-state index >= 15 is 0 Å². The number of piperazine rings is 1. The molecular weight excluding hydrogens is 455 g/mol. The van der Waals surface area contributed by atoms with Crippen LogP contribution >= 0.6 is 23.2 Å². The Hall–Kier alpha value is -2.73. The van der Waals surface area contributed by atoms with E-state index in [0.29, 0.717) is 22.4 Å². The van der Waals surface area contributed by atoms with Crippen molar-refractivity contribution in [1.82, 2.24) is 14.5 Å². The molecule has 1 aliphatic heterocycles. The van der Waals surface area contributed by atoms with Crippen molar-refractivity contribution in [2.45, 2.75) is 20.2 Å². The van der Waals surface area contributed by atoms with E-state index in [2.05, 4.69) is 57.7 Å². The van der Waals surface area contributed by atoms with Gasteiger partial charge in [-0.3, -0.25) is 4.90 Å². The third kappa shape index (κ3) is 4.81. The van der Waals surface area contributed by atoms with Crippen LogP contribution in [0.2, 0.25) is 10.0 Å². The molecule has 0 aliphatic carbocycles. The van der Waals surface area contributed by atoms with Gasteiger partial charge in [0.05, 0.1) is 22.7 Å². The van der Waals surface area contributed by atoms with Crippen LogP contribution in [-0.4, -0.2) is 40.6 Å². The van der Waals surface area contributed by atoms with Gasteiger partial charge in [-0.2, -0.15) is 0 Å². The van der Waals surface area contributed by atoms with Crippen molar-refractivity contribution in [2.24, 2.45) is 0 Å². The molecule has 2 heterocycles. The van der Waals surface area contributed by atoms with E-state index in [-0.39, 0.29) is 0 Å². The highest BCUT2D eigenvalue weighted by atomic mass is 35.5. The van der Waals surface area contributed by atoms with Gasteiger partial charge < -0.3 is 14.2 Å². The molecule has 3 aromatic carbocycles. The SMILES string of the molecule is Cc1ccccc1N1CCN(Cn2c(COc3ccc(Cl)cc3Cl)nc3ccccc32)CC1. The van der Waals surface area contributed by atoms with Gasteiger partial charge in [0.2, 0.25) is 0 Å². The van der Waals surface area contributed by atoms with Gasteiger partial charge in [-0.15, -0.1) is 0 Å². The monoisotopic (exact) mass is 480 g/mol. The third-order valence-corrected chi connectivity index (χ3v) is 6.68. The van der Waals surface area contributed by atoms with E-state index in [4.69, 9.17) is 32.9 Å². The lowest BCUT2D eigenvalue weighted by atomic mass is 10.1. The lowest BCUT2D eigenvalue weighted by Gasteiger charge is -2.37. The zero-order valence-electron chi connectivity index (χ0n) is 18.5.